The first-order valence-corrected chi connectivity index (χ1v) is 32.5. The number of rotatable bonds is 42. The highest BCUT2D eigenvalue weighted by molar-refractivity contribution is 6.00. The lowest BCUT2D eigenvalue weighted by atomic mass is 9.99. The van der Waals surface area contributed by atoms with E-state index in [9.17, 15) is 82.8 Å². The second-order valence-corrected chi connectivity index (χ2v) is 25.2. The number of phenolic OH excluding ortho intramolecular Hbond substituents is 2. The van der Waals surface area contributed by atoms with E-state index < -0.39 is 168 Å². The number of unbranched alkanes of at least 4 members (excludes halogenated alkanes) is 1. The fraction of sp³-hybridized carbons (Fsp3) is 0.571. The maximum atomic E-state index is 14.4. The van der Waals surface area contributed by atoms with Gasteiger partial charge in [-0.05, 0) is 148 Å². The molecule has 2 aromatic carbocycles. The number of nitrogens with two attached hydrogens (primary N) is 7. The molecule has 10 atom stereocenters. The van der Waals surface area contributed by atoms with Gasteiger partial charge in [0.05, 0.1) is 12.6 Å². The van der Waals surface area contributed by atoms with Crippen LogP contribution in [0.5, 0.6) is 11.5 Å². The van der Waals surface area contributed by atoms with Gasteiger partial charge in [-0.2, -0.15) is 0 Å². The molecule has 28 N–H and O–H groups in total. The van der Waals surface area contributed by atoms with E-state index in [0.717, 1.165) is 0 Å². The Morgan fingerprint density at radius 3 is 1.38 bits per heavy atom. The number of likely N-dealkylation sites (tertiary alicyclic amines) is 1. The van der Waals surface area contributed by atoms with Gasteiger partial charge in [-0.25, -0.2) is 4.79 Å². The zero-order valence-electron chi connectivity index (χ0n) is 57.1. The predicted molar refractivity (Wildman–Crippen MR) is 363 cm³/mol. The predicted octanol–water partition coefficient (Wildman–Crippen LogP) is -6.51. The molecule has 554 valence electrons. The number of nitrogens with one attached hydrogen (secondary N) is 10. The summed E-state index contributed by atoms with van der Waals surface area (Å²) in [5, 5.41) is 65.2. The average molecular weight is 1410 g/mol. The van der Waals surface area contributed by atoms with E-state index in [-0.39, 0.29) is 107 Å². The van der Waals surface area contributed by atoms with Crippen molar-refractivity contribution in [2.24, 2.45) is 50.1 Å². The third-order valence-corrected chi connectivity index (χ3v) is 15.8. The van der Waals surface area contributed by atoms with Crippen molar-refractivity contribution in [2.75, 3.05) is 32.8 Å². The quantitative estimate of drug-likeness (QED) is 0.0167. The molecule has 0 aliphatic carbocycles. The van der Waals surface area contributed by atoms with Gasteiger partial charge >= 0.3 is 5.97 Å². The number of aromatic hydroxyl groups is 2. The summed E-state index contributed by atoms with van der Waals surface area (Å²) < 4.78 is 0. The van der Waals surface area contributed by atoms with Crippen molar-refractivity contribution in [1.29, 1.82) is 0 Å². The number of primary amides is 1. The van der Waals surface area contributed by atoms with Crippen LogP contribution in [0.15, 0.2) is 58.5 Å². The largest absolute Gasteiger partial charge is 0.508 e. The maximum absolute atomic E-state index is 14.4. The number of benzene rings is 2. The summed E-state index contributed by atoms with van der Waals surface area (Å²) in [4.78, 5) is 187. The van der Waals surface area contributed by atoms with Crippen LogP contribution in [-0.2, 0) is 75.2 Å². The number of carbonyl (C=O) groups excluding carboxylic acids is 12. The Hall–Kier alpha value is -10.4. The summed E-state index contributed by atoms with van der Waals surface area (Å²) in [5.41, 5.74) is 36.3. The van der Waals surface area contributed by atoms with Crippen LogP contribution in [0.2, 0.25) is 0 Å². The molecule has 2 aromatic rings. The highest BCUT2D eigenvalue weighted by Gasteiger charge is 2.42. The third-order valence-electron chi connectivity index (χ3n) is 15.8. The molecule has 1 aliphatic rings. The molecule has 3 rings (SSSR count). The first kappa shape index (κ1) is 83.8. The minimum Gasteiger partial charge on any atom is -0.508 e. The lowest BCUT2D eigenvalue weighted by Crippen LogP contribution is -2.63. The zero-order chi connectivity index (χ0) is 75.2. The van der Waals surface area contributed by atoms with Gasteiger partial charge in [0.25, 0.3) is 0 Å². The number of aliphatic carboxylic acids is 1. The Morgan fingerprint density at radius 1 is 0.530 bits per heavy atom. The van der Waals surface area contributed by atoms with E-state index >= 15 is 0 Å². The summed E-state index contributed by atoms with van der Waals surface area (Å²) in [6.07, 6.45) is -0.681. The minimum atomic E-state index is -1.91. The van der Waals surface area contributed by atoms with Gasteiger partial charge in [-0.15, -0.1) is 0 Å². The molecule has 0 aromatic heterocycles. The molecule has 37 nitrogen and oxygen atoms in total. The molecule has 0 spiro atoms. The number of aliphatic imine (C=N–C) groups is 2. The van der Waals surface area contributed by atoms with Crippen LogP contribution in [0.4, 0.5) is 0 Å². The number of phenols is 2. The number of aliphatic hydroxyl groups is 1. The Kier molecular flexibility index (Phi) is 33.9. The van der Waals surface area contributed by atoms with Gasteiger partial charge in [-0.3, -0.25) is 67.5 Å². The molecular weight excluding hydrogens is 1310 g/mol. The molecular formula is C63H100N20O17. The molecule has 0 saturated carbocycles. The number of nitrogens with zero attached hydrogens (tertiary/aromatic N) is 3. The molecule has 1 fully saturated rings. The molecule has 1 aliphatic heterocycles. The minimum absolute atomic E-state index is 0.0255. The number of carbonyl (C=O) groups is 13. The molecule has 12 amide bonds. The Morgan fingerprint density at radius 2 is 0.940 bits per heavy atom. The van der Waals surface area contributed by atoms with E-state index in [1.807, 2.05) is 0 Å². The Bertz CT molecular complexity index is 3230. The third kappa shape index (κ3) is 28.6. The lowest BCUT2D eigenvalue weighted by Gasteiger charge is -2.32. The second-order valence-electron chi connectivity index (χ2n) is 25.2. The Balaban J connectivity index is 1.82. The first-order chi connectivity index (χ1) is 46.9. The topological polar surface area (TPSA) is 633 Å². The second kappa shape index (κ2) is 40.5. The van der Waals surface area contributed by atoms with Crippen LogP contribution in [0, 0.1) is 0 Å². The van der Waals surface area contributed by atoms with E-state index in [1.165, 1.54) is 95.0 Å². The van der Waals surface area contributed by atoms with Gasteiger partial charge in [0.2, 0.25) is 70.9 Å². The number of guanidine groups is 2. The van der Waals surface area contributed by atoms with Crippen molar-refractivity contribution in [3.63, 3.8) is 0 Å². The molecule has 100 heavy (non-hydrogen) atoms. The van der Waals surface area contributed by atoms with Crippen molar-refractivity contribution in [3.8, 4) is 11.5 Å². The summed E-state index contributed by atoms with van der Waals surface area (Å²) in [5.74, 6) is -13.0. The van der Waals surface area contributed by atoms with Crippen LogP contribution in [0.25, 0.3) is 0 Å². The van der Waals surface area contributed by atoms with Crippen LogP contribution < -0.4 is 93.3 Å². The number of aliphatic hydroxyl groups excluding tert-OH is 1. The van der Waals surface area contributed by atoms with E-state index in [4.69, 9.17) is 40.1 Å². The van der Waals surface area contributed by atoms with Crippen molar-refractivity contribution in [2.45, 2.75) is 197 Å². The first-order valence-electron chi connectivity index (χ1n) is 32.5. The van der Waals surface area contributed by atoms with Crippen LogP contribution in [-0.4, -0.2) is 218 Å². The van der Waals surface area contributed by atoms with Gasteiger partial charge in [0, 0.05) is 38.9 Å². The van der Waals surface area contributed by atoms with Crippen molar-refractivity contribution < 1.29 is 82.8 Å². The van der Waals surface area contributed by atoms with E-state index in [1.54, 1.807) is 0 Å². The van der Waals surface area contributed by atoms with Crippen LogP contribution >= 0.6 is 0 Å². The number of carboxylic acids is 1. The van der Waals surface area contributed by atoms with Crippen molar-refractivity contribution >= 4 is 88.8 Å². The van der Waals surface area contributed by atoms with Crippen LogP contribution in [0.1, 0.15) is 123 Å². The molecule has 0 radical (unpaired) electrons. The summed E-state index contributed by atoms with van der Waals surface area (Å²) in [6, 6.07) is -3.02. The van der Waals surface area contributed by atoms with Gasteiger partial charge in [0.15, 0.2) is 11.9 Å². The number of hydrogen-bond donors (Lipinski definition) is 21. The van der Waals surface area contributed by atoms with Gasteiger partial charge in [-0.1, -0.05) is 24.3 Å². The van der Waals surface area contributed by atoms with Crippen molar-refractivity contribution in [1.82, 2.24) is 58.1 Å². The molecule has 0 bridgehead atoms. The van der Waals surface area contributed by atoms with Gasteiger partial charge in [0.1, 0.15) is 77.0 Å². The highest BCUT2D eigenvalue weighted by atomic mass is 16.4. The standard InChI is InChI=1S/C63H100N20O17/c1-33(65)48(88)81-62(3,4)59(100)80-43(30-35-16-20-37(85)21-17-35)56(96)83-29-11-15-46(83)55(95)78-45(32-84)54(94)75-39(12-7-8-26-64)50(90)73-34(2)49(89)82-63(5,6)58(99)79-41(14-10-28-72-61(69)70)52(92)76-42(24-25-47(66)87)53(93)74-40(13-9-27-71-60(67)68)51(91)77-44(57(97)98)31-36-18-22-38(86)23-19-36/h16-23,33-34,39-46,84-86H,7-15,24-32,64-65H2,1-6H3,(H2,66,87)(H,73,90)(H,74,93)(H,75,94)(H,76,92)(H,77,91)(H,78,95)(H,79,99)(H,80,100)(H,81,88)(H,82,89)(H,97,98)(H4,67,68,71)(H4,69,70,72)/t33-,34-,39-,40-,41-,42-,43-,44-,45-,46-/m0/s1. The van der Waals surface area contributed by atoms with Gasteiger partial charge < -0.3 is 119 Å². The molecule has 37 heteroatoms. The maximum Gasteiger partial charge on any atom is 0.326 e. The fourth-order valence-electron chi connectivity index (χ4n) is 10.1. The average Bonchev–Trinajstić information content (AvgIpc) is 1.53. The monoisotopic (exact) mass is 1410 g/mol. The van der Waals surface area contributed by atoms with Crippen molar-refractivity contribution in [3.05, 3.63) is 59.7 Å². The summed E-state index contributed by atoms with van der Waals surface area (Å²) in [6.45, 7) is 7.12. The zero-order valence-corrected chi connectivity index (χ0v) is 57.1. The van der Waals surface area contributed by atoms with Crippen LogP contribution in [0.3, 0.4) is 0 Å². The SMILES string of the molecule is C[C@H](N)C(=O)NC(C)(C)C(=O)N[C@@H](Cc1ccc(O)cc1)C(=O)N1CCC[C@H]1C(=O)N[C@@H](CO)C(=O)N[C@@H](CCCCN)C(=O)N[C@@H](C)C(=O)NC(C)(C)C(=O)N[C@@H](CCCN=C(N)N)C(=O)N[C@@H](CCC(N)=O)C(=O)N[C@@H](CCCN=C(N)N)C(=O)N[C@@H](Cc1ccc(O)cc1)C(=O)O. The molecule has 1 saturated heterocycles. The number of hydrogen-bond acceptors (Lipinski definition) is 20. The molecule has 0 unspecified atom stereocenters. The normalized spacial score (nSPS) is 15.5. The lowest BCUT2D eigenvalue weighted by molar-refractivity contribution is -0.143. The molecule has 1 heterocycles. The van der Waals surface area contributed by atoms with E-state index in [2.05, 4.69) is 63.2 Å². The summed E-state index contributed by atoms with van der Waals surface area (Å²) >= 11 is 0. The highest BCUT2D eigenvalue weighted by Crippen LogP contribution is 2.22. The Labute approximate surface area is 578 Å². The fourth-order valence-corrected chi connectivity index (χ4v) is 10.1. The smallest absolute Gasteiger partial charge is 0.326 e. The van der Waals surface area contributed by atoms with E-state index in [0.29, 0.717) is 24.0 Å². The number of amides is 12. The summed E-state index contributed by atoms with van der Waals surface area (Å²) in [7, 11) is 0. The number of carboxylic acid groups (broad SMARTS) is 1.